The lowest BCUT2D eigenvalue weighted by molar-refractivity contribution is -0.115. The summed E-state index contributed by atoms with van der Waals surface area (Å²) in [6, 6.07) is 8.68. The van der Waals surface area contributed by atoms with Gasteiger partial charge in [0.2, 0.25) is 5.91 Å². The Bertz CT molecular complexity index is 587. The van der Waals surface area contributed by atoms with Crippen molar-refractivity contribution in [2.45, 2.75) is 17.9 Å². The second-order valence-corrected chi connectivity index (χ2v) is 6.32. The lowest BCUT2D eigenvalue weighted by atomic mass is 10.3. The minimum absolute atomic E-state index is 0.106. The molecule has 0 radical (unpaired) electrons. The van der Waals surface area contributed by atoms with Crippen LogP contribution in [0.3, 0.4) is 0 Å². The summed E-state index contributed by atoms with van der Waals surface area (Å²) in [5.74, 6) is 1.39. The van der Waals surface area contributed by atoms with Gasteiger partial charge in [0, 0.05) is 5.02 Å². The number of amides is 1. The number of carbonyl (C=O) groups is 1. The maximum atomic E-state index is 12.1. The van der Waals surface area contributed by atoms with Crippen LogP contribution in [-0.2, 0) is 10.5 Å². The number of hydrogen-bond donors (Lipinski definition) is 1. The third-order valence-corrected chi connectivity index (χ3v) is 4.33. The summed E-state index contributed by atoms with van der Waals surface area (Å²) in [7, 11) is 0. The van der Waals surface area contributed by atoms with Gasteiger partial charge in [-0.15, -0.1) is 11.8 Å². The minimum atomic E-state index is -0.216. The van der Waals surface area contributed by atoms with Gasteiger partial charge in [-0.1, -0.05) is 23.2 Å². The highest BCUT2D eigenvalue weighted by molar-refractivity contribution is 7.99. The number of thioether (sulfide) groups is 1. The Hall–Kier alpha value is -1.10. The van der Waals surface area contributed by atoms with Crippen LogP contribution in [0.1, 0.15) is 12.7 Å². The van der Waals surface area contributed by atoms with Crippen molar-refractivity contribution in [3.8, 4) is 0 Å². The second kappa shape index (κ2) is 7.07. The van der Waals surface area contributed by atoms with Crippen molar-refractivity contribution in [2.75, 3.05) is 5.32 Å². The smallest absolute Gasteiger partial charge is 0.237 e. The zero-order valence-electron chi connectivity index (χ0n) is 10.7. The third-order valence-electron chi connectivity index (χ3n) is 2.61. The van der Waals surface area contributed by atoms with E-state index in [1.807, 2.05) is 19.1 Å². The van der Waals surface area contributed by atoms with Crippen LogP contribution in [0.15, 0.2) is 41.0 Å². The van der Waals surface area contributed by atoms with Crippen LogP contribution in [-0.4, -0.2) is 11.2 Å². The molecule has 0 bridgehead atoms. The van der Waals surface area contributed by atoms with E-state index in [-0.39, 0.29) is 11.2 Å². The van der Waals surface area contributed by atoms with Gasteiger partial charge in [-0.2, -0.15) is 0 Å². The minimum Gasteiger partial charge on any atom is -0.468 e. The van der Waals surface area contributed by atoms with Gasteiger partial charge in [-0.05, 0) is 37.3 Å². The van der Waals surface area contributed by atoms with Crippen LogP contribution in [0.25, 0.3) is 0 Å². The van der Waals surface area contributed by atoms with Crippen LogP contribution in [0, 0.1) is 0 Å². The molecule has 6 heteroatoms. The lowest BCUT2D eigenvalue weighted by Crippen LogP contribution is -2.22. The molecule has 1 atom stereocenters. The van der Waals surface area contributed by atoms with Gasteiger partial charge < -0.3 is 9.73 Å². The average molecular weight is 330 g/mol. The fraction of sp³-hybridized carbons (Fsp3) is 0.214. The van der Waals surface area contributed by atoms with Crippen molar-refractivity contribution in [3.05, 3.63) is 52.4 Å². The SMILES string of the molecule is CC(SCc1ccco1)C(=O)Nc1ccc(Cl)cc1Cl. The van der Waals surface area contributed by atoms with E-state index in [9.17, 15) is 4.79 Å². The van der Waals surface area contributed by atoms with E-state index in [4.69, 9.17) is 27.6 Å². The molecule has 0 saturated carbocycles. The molecular weight excluding hydrogens is 317 g/mol. The van der Waals surface area contributed by atoms with E-state index in [1.54, 1.807) is 24.5 Å². The van der Waals surface area contributed by atoms with Crippen molar-refractivity contribution in [3.63, 3.8) is 0 Å². The van der Waals surface area contributed by atoms with Gasteiger partial charge >= 0.3 is 0 Å². The molecule has 1 aromatic carbocycles. The van der Waals surface area contributed by atoms with Gasteiger partial charge in [-0.25, -0.2) is 0 Å². The Morgan fingerprint density at radius 3 is 2.85 bits per heavy atom. The molecule has 20 heavy (non-hydrogen) atoms. The number of furan rings is 1. The highest BCUT2D eigenvalue weighted by atomic mass is 35.5. The maximum Gasteiger partial charge on any atom is 0.237 e. The first-order valence-electron chi connectivity index (χ1n) is 5.96. The standard InChI is InChI=1S/C14H13Cl2NO2S/c1-9(20-8-11-3-2-6-19-11)14(18)17-13-5-4-10(15)7-12(13)16/h2-7,9H,8H2,1H3,(H,17,18). The Morgan fingerprint density at radius 2 is 2.20 bits per heavy atom. The van der Waals surface area contributed by atoms with Crippen LogP contribution in [0.5, 0.6) is 0 Å². The first-order valence-corrected chi connectivity index (χ1v) is 7.76. The van der Waals surface area contributed by atoms with E-state index >= 15 is 0 Å². The molecule has 1 heterocycles. The molecule has 1 aromatic heterocycles. The van der Waals surface area contributed by atoms with Gasteiger partial charge in [-0.3, -0.25) is 4.79 Å². The van der Waals surface area contributed by atoms with Crippen molar-refractivity contribution >= 4 is 46.6 Å². The summed E-state index contributed by atoms with van der Waals surface area (Å²) in [6.45, 7) is 1.84. The van der Waals surface area contributed by atoms with Gasteiger partial charge in [0.25, 0.3) is 0 Å². The van der Waals surface area contributed by atoms with E-state index in [0.717, 1.165) is 5.76 Å². The molecule has 1 N–H and O–H groups in total. The third kappa shape index (κ3) is 4.20. The molecular formula is C14H13Cl2NO2S. The van der Waals surface area contributed by atoms with Gasteiger partial charge in [0.05, 0.1) is 28.0 Å². The predicted molar refractivity (Wildman–Crippen MR) is 84.6 cm³/mol. The highest BCUT2D eigenvalue weighted by Gasteiger charge is 2.15. The molecule has 1 amide bonds. The normalized spacial score (nSPS) is 12.2. The van der Waals surface area contributed by atoms with Crippen molar-refractivity contribution in [1.29, 1.82) is 0 Å². The number of anilines is 1. The van der Waals surface area contributed by atoms with Gasteiger partial charge in [0.15, 0.2) is 0 Å². The fourth-order valence-electron chi connectivity index (χ4n) is 1.50. The Morgan fingerprint density at radius 1 is 1.40 bits per heavy atom. The predicted octanol–water partition coefficient (Wildman–Crippen LogP) is 4.85. The van der Waals surface area contributed by atoms with Crippen molar-refractivity contribution in [1.82, 2.24) is 0 Å². The lowest BCUT2D eigenvalue weighted by Gasteiger charge is -2.12. The van der Waals surface area contributed by atoms with E-state index < -0.39 is 0 Å². The summed E-state index contributed by atoms with van der Waals surface area (Å²) < 4.78 is 5.23. The summed E-state index contributed by atoms with van der Waals surface area (Å²) in [5.41, 5.74) is 0.562. The summed E-state index contributed by atoms with van der Waals surface area (Å²) in [5, 5.41) is 3.53. The maximum absolute atomic E-state index is 12.1. The van der Waals surface area contributed by atoms with Crippen LogP contribution in [0.4, 0.5) is 5.69 Å². The van der Waals surface area contributed by atoms with Crippen LogP contribution in [0.2, 0.25) is 10.0 Å². The number of rotatable bonds is 5. The van der Waals surface area contributed by atoms with Gasteiger partial charge in [0.1, 0.15) is 5.76 Å². The Balaban J connectivity index is 1.90. The molecule has 0 aliphatic heterocycles. The molecule has 2 aromatic rings. The van der Waals surface area contributed by atoms with Crippen molar-refractivity contribution in [2.24, 2.45) is 0 Å². The van der Waals surface area contributed by atoms with Crippen LogP contribution >= 0.6 is 35.0 Å². The second-order valence-electron chi connectivity index (χ2n) is 4.15. The Labute approximate surface area is 131 Å². The quantitative estimate of drug-likeness (QED) is 0.852. The summed E-state index contributed by atoms with van der Waals surface area (Å²) in [6.07, 6.45) is 1.62. The molecule has 0 aliphatic carbocycles. The number of nitrogens with one attached hydrogen (secondary N) is 1. The molecule has 1 unspecified atom stereocenters. The molecule has 2 rings (SSSR count). The molecule has 0 fully saturated rings. The first-order chi connectivity index (χ1) is 9.56. The molecule has 0 aliphatic rings. The molecule has 0 spiro atoms. The number of benzene rings is 1. The molecule has 3 nitrogen and oxygen atoms in total. The van der Waals surface area contributed by atoms with E-state index in [1.165, 1.54) is 11.8 Å². The van der Waals surface area contributed by atoms with E-state index in [2.05, 4.69) is 5.32 Å². The summed E-state index contributed by atoms with van der Waals surface area (Å²) in [4.78, 5) is 12.1. The zero-order chi connectivity index (χ0) is 14.5. The molecule has 0 saturated heterocycles. The van der Waals surface area contributed by atoms with Crippen molar-refractivity contribution < 1.29 is 9.21 Å². The number of halogens is 2. The van der Waals surface area contributed by atoms with Crippen LogP contribution < -0.4 is 5.32 Å². The Kier molecular flexibility index (Phi) is 5.40. The number of hydrogen-bond acceptors (Lipinski definition) is 3. The zero-order valence-corrected chi connectivity index (χ0v) is 13.1. The monoisotopic (exact) mass is 329 g/mol. The first kappa shape index (κ1) is 15.3. The highest BCUT2D eigenvalue weighted by Crippen LogP contribution is 2.26. The van der Waals surface area contributed by atoms with E-state index in [0.29, 0.717) is 21.5 Å². The fourth-order valence-corrected chi connectivity index (χ4v) is 2.75. The average Bonchev–Trinajstić information content (AvgIpc) is 2.92. The topological polar surface area (TPSA) is 42.2 Å². The largest absolute Gasteiger partial charge is 0.468 e. The summed E-state index contributed by atoms with van der Waals surface area (Å²) >= 11 is 13.3. The number of carbonyl (C=O) groups excluding carboxylic acids is 1. The molecule has 106 valence electrons.